The summed E-state index contributed by atoms with van der Waals surface area (Å²) in [7, 11) is 3.17. The number of halogens is 1. The molecule has 8 heteroatoms. The molecule has 1 aliphatic heterocycles. The van der Waals surface area contributed by atoms with Gasteiger partial charge in [-0.2, -0.15) is 0 Å². The molecule has 7 nitrogen and oxygen atoms in total. The van der Waals surface area contributed by atoms with E-state index < -0.39 is 0 Å². The van der Waals surface area contributed by atoms with E-state index in [1.807, 2.05) is 12.1 Å². The fourth-order valence-corrected chi connectivity index (χ4v) is 3.05. The summed E-state index contributed by atoms with van der Waals surface area (Å²) in [5.74, 6) is 0.481. The third-order valence-corrected chi connectivity index (χ3v) is 4.86. The maximum absolute atomic E-state index is 11.5. The fraction of sp³-hybridized carbons (Fsp3) is 0.600. The van der Waals surface area contributed by atoms with Gasteiger partial charge >= 0.3 is 5.97 Å². The number of guanidine groups is 1. The predicted molar refractivity (Wildman–Crippen MR) is 123 cm³/mol. The zero-order valence-electron chi connectivity index (χ0n) is 17.3. The molecule has 0 unspecified atom stereocenters. The van der Waals surface area contributed by atoms with Crippen LogP contribution in [0.2, 0.25) is 0 Å². The number of nitrogens with zero attached hydrogens (tertiary/aromatic N) is 2. The summed E-state index contributed by atoms with van der Waals surface area (Å²) in [6.07, 6.45) is 0.842. The highest BCUT2D eigenvalue weighted by Gasteiger charge is 2.28. The van der Waals surface area contributed by atoms with Crippen LogP contribution in [0.4, 0.5) is 0 Å². The lowest BCUT2D eigenvalue weighted by Gasteiger charge is -2.41. The van der Waals surface area contributed by atoms with Gasteiger partial charge in [-0.1, -0.05) is 12.1 Å². The second kappa shape index (κ2) is 12.2. The number of esters is 1. The molecule has 0 bridgehead atoms. The van der Waals surface area contributed by atoms with Gasteiger partial charge in [-0.15, -0.1) is 24.0 Å². The smallest absolute Gasteiger partial charge is 0.337 e. The standard InChI is InChI=1S/C20H32N4O3.HI/c1-20(2,24-11-13-27-14-12-24)15-23-19(21-3)22-10-9-16-5-7-17(8-6-16)18(25)26-4;/h5-8H,9-15H2,1-4H3,(H2,21,22,23);1H. The van der Waals surface area contributed by atoms with Crippen LogP contribution in [-0.2, 0) is 15.9 Å². The minimum absolute atomic E-state index is 0. The van der Waals surface area contributed by atoms with Crippen LogP contribution in [0.3, 0.4) is 0 Å². The maximum atomic E-state index is 11.5. The summed E-state index contributed by atoms with van der Waals surface area (Å²) in [4.78, 5) is 18.2. The molecule has 0 spiro atoms. The Morgan fingerprint density at radius 1 is 1.21 bits per heavy atom. The van der Waals surface area contributed by atoms with Gasteiger partial charge in [-0.25, -0.2) is 4.79 Å². The van der Waals surface area contributed by atoms with E-state index >= 15 is 0 Å². The second-order valence-electron chi connectivity index (χ2n) is 7.20. The first-order valence-electron chi connectivity index (χ1n) is 9.41. The molecular formula is C20H33IN4O3. The summed E-state index contributed by atoms with van der Waals surface area (Å²) < 4.78 is 10.2. The van der Waals surface area contributed by atoms with Gasteiger partial charge in [0.05, 0.1) is 25.9 Å². The van der Waals surface area contributed by atoms with E-state index in [2.05, 4.69) is 34.4 Å². The minimum atomic E-state index is -0.313. The SMILES string of the molecule is CN=C(NCCc1ccc(C(=O)OC)cc1)NCC(C)(C)N1CCOCC1.I. The number of hydrogen-bond donors (Lipinski definition) is 2. The van der Waals surface area contributed by atoms with Crippen molar-refractivity contribution in [2.24, 2.45) is 4.99 Å². The zero-order valence-corrected chi connectivity index (χ0v) is 19.6. The molecule has 0 aromatic heterocycles. The molecule has 28 heavy (non-hydrogen) atoms. The first-order valence-corrected chi connectivity index (χ1v) is 9.41. The van der Waals surface area contributed by atoms with Crippen LogP contribution in [0.1, 0.15) is 29.8 Å². The first kappa shape index (κ1) is 24.6. The lowest BCUT2D eigenvalue weighted by atomic mass is 10.0. The monoisotopic (exact) mass is 504 g/mol. The van der Waals surface area contributed by atoms with Gasteiger partial charge in [-0.3, -0.25) is 9.89 Å². The van der Waals surface area contributed by atoms with Crippen molar-refractivity contribution >= 4 is 35.9 Å². The fourth-order valence-electron chi connectivity index (χ4n) is 3.05. The number of ether oxygens (including phenoxy) is 2. The molecule has 0 saturated carbocycles. The highest BCUT2D eigenvalue weighted by atomic mass is 127. The van der Waals surface area contributed by atoms with Gasteiger partial charge in [0.1, 0.15) is 0 Å². The quantitative estimate of drug-likeness (QED) is 0.256. The summed E-state index contributed by atoms with van der Waals surface area (Å²) in [5, 5.41) is 6.77. The molecule has 0 radical (unpaired) electrons. The largest absolute Gasteiger partial charge is 0.465 e. The van der Waals surface area contributed by atoms with Crippen LogP contribution in [0.5, 0.6) is 0 Å². The normalized spacial score (nSPS) is 15.5. The number of benzene rings is 1. The van der Waals surface area contributed by atoms with Gasteiger partial charge in [-0.05, 0) is 38.0 Å². The highest BCUT2D eigenvalue weighted by molar-refractivity contribution is 14.0. The van der Waals surface area contributed by atoms with Crippen molar-refractivity contribution < 1.29 is 14.3 Å². The van der Waals surface area contributed by atoms with Gasteiger partial charge in [0.25, 0.3) is 0 Å². The third-order valence-electron chi connectivity index (χ3n) is 4.86. The molecule has 1 saturated heterocycles. The third kappa shape index (κ3) is 7.56. The summed E-state index contributed by atoms with van der Waals surface area (Å²) in [6, 6.07) is 7.48. The van der Waals surface area contributed by atoms with Crippen molar-refractivity contribution in [2.75, 3.05) is 53.6 Å². The van der Waals surface area contributed by atoms with Crippen LogP contribution in [0.25, 0.3) is 0 Å². The molecule has 2 N–H and O–H groups in total. The average molecular weight is 504 g/mol. The number of rotatable bonds is 7. The van der Waals surface area contributed by atoms with Crippen LogP contribution in [0, 0.1) is 0 Å². The summed E-state index contributed by atoms with van der Waals surface area (Å²) in [5.41, 5.74) is 1.75. The molecule has 1 aliphatic rings. The lowest BCUT2D eigenvalue weighted by Crippen LogP contribution is -2.56. The maximum Gasteiger partial charge on any atom is 0.337 e. The van der Waals surface area contributed by atoms with Crippen molar-refractivity contribution in [3.8, 4) is 0 Å². The van der Waals surface area contributed by atoms with Crippen LogP contribution < -0.4 is 10.6 Å². The lowest BCUT2D eigenvalue weighted by molar-refractivity contribution is -0.00833. The van der Waals surface area contributed by atoms with Crippen molar-refractivity contribution in [1.82, 2.24) is 15.5 Å². The van der Waals surface area contributed by atoms with E-state index in [9.17, 15) is 4.79 Å². The van der Waals surface area contributed by atoms with E-state index in [1.165, 1.54) is 7.11 Å². The van der Waals surface area contributed by atoms with E-state index in [4.69, 9.17) is 9.47 Å². The Bertz CT molecular complexity index is 629. The number of carbonyl (C=O) groups excluding carboxylic acids is 1. The van der Waals surface area contributed by atoms with Crippen molar-refractivity contribution in [3.05, 3.63) is 35.4 Å². The molecule has 1 aromatic rings. The van der Waals surface area contributed by atoms with E-state index in [0.29, 0.717) is 5.56 Å². The van der Waals surface area contributed by atoms with Gasteiger partial charge in [0, 0.05) is 38.8 Å². The molecular weight excluding hydrogens is 471 g/mol. The van der Waals surface area contributed by atoms with Gasteiger partial charge < -0.3 is 20.1 Å². The van der Waals surface area contributed by atoms with Gasteiger partial charge in [0.15, 0.2) is 5.96 Å². The molecule has 0 atom stereocenters. The Labute approximate surface area is 185 Å². The number of morpholine rings is 1. The van der Waals surface area contributed by atoms with E-state index in [-0.39, 0.29) is 35.5 Å². The topological polar surface area (TPSA) is 75.2 Å². The molecule has 1 heterocycles. The Morgan fingerprint density at radius 3 is 2.43 bits per heavy atom. The molecule has 158 valence electrons. The number of nitrogens with one attached hydrogen (secondary N) is 2. The second-order valence-corrected chi connectivity index (χ2v) is 7.20. The Hall–Kier alpha value is -1.39. The highest BCUT2D eigenvalue weighted by Crippen LogP contribution is 2.15. The minimum Gasteiger partial charge on any atom is -0.465 e. The molecule has 1 fully saturated rings. The molecule has 1 aromatic carbocycles. The van der Waals surface area contributed by atoms with Crippen LogP contribution >= 0.6 is 24.0 Å². The van der Waals surface area contributed by atoms with Crippen LogP contribution in [0.15, 0.2) is 29.3 Å². The van der Waals surface area contributed by atoms with Gasteiger partial charge in [0.2, 0.25) is 0 Å². The van der Waals surface area contributed by atoms with Crippen molar-refractivity contribution in [2.45, 2.75) is 25.8 Å². The Morgan fingerprint density at radius 2 is 1.86 bits per heavy atom. The first-order chi connectivity index (χ1) is 13.0. The molecule has 2 rings (SSSR count). The number of methoxy groups -OCH3 is 1. The summed E-state index contributed by atoms with van der Waals surface area (Å²) >= 11 is 0. The number of hydrogen-bond acceptors (Lipinski definition) is 5. The Kier molecular flexibility index (Phi) is 10.8. The Balaban J connectivity index is 0.00000392. The average Bonchev–Trinajstić information content (AvgIpc) is 2.71. The van der Waals surface area contributed by atoms with Crippen molar-refractivity contribution in [3.63, 3.8) is 0 Å². The summed E-state index contributed by atoms with van der Waals surface area (Å²) in [6.45, 7) is 9.56. The van der Waals surface area contributed by atoms with Crippen molar-refractivity contribution in [1.29, 1.82) is 0 Å². The zero-order chi connectivity index (χ0) is 19.7. The predicted octanol–water partition coefficient (Wildman–Crippen LogP) is 1.91. The molecule has 0 amide bonds. The van der Waals surface area contributed by atoms with Crippen LogP contribution in [-0.4, -0.2) is 75.9 Å². The number of carbonyl (C=O) groups is 1. The molecule has 0 aliphatic carbocycles. The van der Waals surface area contributed by atoms with E-state index in [1.54, 1.807) is 19.2 Å². The van der Waals surface area contributed by atoms with E-state index in [0.717, 1.165) is 57.3 Å². The number of aliphatic imine (C=N–C) groups is 1.